The molecule has 72 valence electrons. The zero-order valence-corrected chi connectivity index (χ0v) is 9.29. The lowest BCUT2D eigenvalue weighted by Gasteiger charge is -2.01. The van der Waals surface area contributed by atoms with Crippen molar-refractivity contribution in [2.45, 2.75) is 19.9 Å². The van der Waals surface area contributed by atoms with Gasteiger partial charge < -0.3 is 5.32 Å². The number of hydrogen-bond acceptors (Lipinski definition) is 2. The number of thiophene rings is 1. The second kappa shape index (κ2) is 6.19. The molecule has 0 atom stereocenters. The molecule has 0 unspecified atom stereocenters. The monoisotopic (exact) mass is 215 g/mol. The number of hydrogen-bond donors (Lipinski definition) is 1. The van der Waals surface area contributed by atoms with E-state index in [1.165, 1.54) is 10.4 Å². The lowest BCUT2D eigenvalue weighted by molar-refractivity contribution is 0.764. The Morgan fingerprint density at radius 1 is 1.62 bits per heavy atom. The molecule has 1 rings (SSSR count). The maximum absolute atomic E-state index is 5.40. The zero-order chi connectivity index (χ0) is 9.52. The van der Waals surface area contributed by atoms with E-state index in [-0.39, 0.29) is 0 Å². The van der Waals surface area contributed by atoms with E-state index >= 15 is 0 Å². The highest BCUT2D eigenvalue weighted by Crippen LogP contribution is 2.16. The van der Waals surface area contributed by atoms with Gasteiger partial charge in [-0.05, 0) is 23.4 Å². The summed E-state index contributed by atoms with van der Waals surface area (Å²) in [7, 11) is 0. The number of aryl methyl sites for hydroxylation is 1. The van der Waals surface area contributed by atoms with Gasteiger partial charge in [0.25, 0.3) is 0 Å². The summed E-state index contributed by atoms with van der Waals surface area (Å²) < 4.78 is 0. The first-order valence-corrected chi connectivity index (χ1v) is 5.71. The lowest BCUT2D eigenvalue weighted by Crippen LogP contribution is -2.12. The predicted molar refractivity (Wildman–Crippen MR) is 60.4 cm³/mol. The van der Waals surface area contributed by atoms with Crippen LogP contribution in [-0.4, -0.2) is 6.54 Å². The number of halogens is 1. The second-order valence-electron chi connectivity index (χ2n) is 2.72. The summed E-state index contributed by atoms with van der Waals surface area (Å²) in [6, 6.07) is 2.19. The molecule has 0 amide bonds. The summed E-state index contributed by atoms with van der Waals surface area (Å²) in [5.74, 6) is 0. The Morgan fingerprint density at radius 2 is 2.46 bits per heavy atom. The topological polar surface area (TPSA) is 12.0 Å². The van der Waals surface area contributed by atoms with Crippen LogP contribution in [0.25, 0.3) is 0 Å². The minimum atomic E-state index is 0.838. The predicted octanol–water partition coefficient (Wildman–Crippen LogP) is 3.15. The van der Waals surface area contributed by atoms with E-state index in [0.717, 1.165) is 19.5 Å². The number of nitrogens with one attached hydrogen (secondary N) is 1. The zero-order valence-electron chi connectivity index (χ0n) is 7.72. The van der Waals surface area contributed by atoms with Crippen LogP contribution in [0.3, 0.4) is 0 Å². The summed E-state index contributed by atoms with van der Waals surface area (Å²) in [5.41, 5.74) is 3.00. The molecule has 0 aliphatic heterocycles. The fraction of sp³-hybridized carbons (Fsp3) is 0.400. The van der Waals surface area contributed by atoms with Crippen molar-refractivity contribution in [1.82, 2.24) is 5.32 Å². The molecule has 1 N–H and O–H groups in total. The van der Waals surface area contributed by atoms with Gasteiger partial charge in [-0.25, -0.2) is 0 Å². The Kier molecular flexibility index (Phi) is 5.13. The first kappa shape index (κ1) is 10.8. The standard InChI is InChI=1S/C10H14ClNS/c1-2-9-4-7-13-10(9)8-12-6-3-5-11/h3-5,7,12H,2,6,8H2,1H3/b5-3+. The molecule has 0 aromatic carbocycles. The Bertz CT molecular complexity index is 268. The summed E-state index contributed by atoms with van der Waals surface area (Å²) in [5, 5.41) is 5.45. The number of rotatable bonds is 5. The van der Waals surface area contributed by atoms with Crippen LogP contribution in [-0.2, 0) is 13.0 Å². The largest absolute Gasteiger partial charge is 0.308 e. The van der Waals surface area contributed by atoms with E-state index in [1.807, 2.05) is 17.4 Å². The maximum Gasteiger partial charge on any atom is 0.0305 e. The lowest BCUT2D eigenvalue weighted by atomic mass is 10.2. The van der Waals surface area contributed by atoms with E-state index < -0.39 is 0 Å². The SMILES string of the molecule is CCc1ccsc1CNC/C=C/Cl. The highest BCUT2D eigenvalue weighted by molar-refractivity contribution is 7.10. The molecule has 0 aliphatic rings. The van der Waals surface area contributed by atoms with Crippen LogP contribution in [0.5, 0.6) is 0 Å². The first-order valence-electron chi connectivity index (χ1n) is 4.39. The summed E-state index contributed by atoms with van der Waals surface area (Å²) >= 11 is 7.22. The average Bonchev–Trinajstić information content (AvgIpc) is 2.60. The van der Waals surface area contributed by atoms with Crippen molar-refractivity contribution in [3.63, 3.8) is 0 Å². The van der Waals surface area contributed by atoms with Gasteiger partial charge in [-0.2, -0.15) is 0 Å². The molecule has 0 fully saturated rings. The van der Waals surface area contributed by atoms with E-state index in [4.69, 9.17) is 11.6 Å². The quantitative estimate of drug-likeness (QED) is 0.745. The van der Waals surface area contributed by atoms with Gasteiger partial charge in [0.15, 0.2) is 0 Å². The van der Waals surface area contributed by atoms with Gasteiger partial charge in [0.2, 0.25) is 0 Å². The molecule has 0 aliphatic carbocycles. The summed E-state index contributed by atoms with van der Waals surface area (Å²) in [4.78, 5) is 1.44. The van der Waals surface area contributed by atoms with Crippen LogP contribution in [0.4, 0.5) is 0 Å². The van der Waals surface area contributed by atoms with Gasteiger partial charge in [0, 0.05) is 23.5 Å². The third-order valence-corrected chi connectivity index (χ3v) is 3.00. The molecule has 3 heteroatoms. The Hall–Kier alpha value is -0.310. The third-order valence-electron chi connectivity index (χ3n) is 1.86. The Labute approximate surface area is 88.4 Å². The van der Waals surface area contributed by atoms with Crippen LogP contribution in [0.15, 0.2) is 23.1 Å². The van der Waals surface area contributed by atoms with Gasteiger partial charge in [-0.1, -0.05) is 24.6 Å². The molecule has 13 heavy (non-hydrogen) atoms. The summed E-state index contributed by atoms with van der Waals surface area (Å²) in [6.07, 6.45) is 3.02. The van der Waals surface area contributed by atoms with Gasteiger partial charge in [-0.15, -0.1) is 11.3 Å². The molecule has 1 nitrogen and oxygen atoms in total. The molecule has 1 heterocycles. The van der Waals surface area contributed by atoms with Gasteiger partial charge in [0.05, 0.1) is 0 Å². The van der Waals surface area contributed by atoms with Crippen molar-refractivity contribution in [2.75, 3.05) is 6.54 Å². The van der Waals surface area contributed by atoms with Crippen LogP contribution in [0.1, 0.15) is 17.4 Å². The van der Waals surface area contributed by atoms with Gasteiger partial charge >= 0.3 is 0 Å². The van der Waals surface area contributed by atoms with E-state index in [2.05, 4.69) is 23.7 Å². The fourth-order valence-electron chi connectivity index (χ4n) is 1.15. The molecule has 1 aromatic rings. The van der Waals surface area contributed by atoms with Crippen molar-refractivity contribution in [3.05, 3.63) is 33.5 Å². The average molecular weight is 216 g/mol. The molecule has 0 saturated carbocycles. The van der Waals surface area contributed by atoms with Crippen molar-refractivity contribution in [1.29, 1.82) is 0 Å². The highest BCUT2D eigenvalue weighted by atomic mass is 35.5. The van der Waals surface area contributed by atoms with Crippen molar-refractivity contribution in [3.8, 4) is 0 Å². The van der Waals surface area contributed by atoms with Crippen LogP contribution < -0.4 is 5.32 Å². The Balaban J connectivity index is 2.35. The maximum atomic E-state index is 5.40. The molecular formula is C10H14ClNS. The van der Waals surface area contributed by atoms with E-state index in [9.17, 15) is 0 Å². The normalized spacial score (nSPS) is 11.2. The van der Waals surface area contributed by atoms with Crippen LogP contribution >= 0.6 is 22.9 Å². The van der Waals surface area contributed by atoms with Crippen molar-refractivity contribution in [2.24, 2.45) is 0 Å². The molecule has 0 bridgehead atoms. The molecule has 0 spiro atoms. The molecule has 0 saturated heterocycles. The Morgan fingerprint density at radius 3 is 3.15 bits per heavy atom. The van der Waals surface area contributed by atoms with E-state index in [0.29, 0.717) is 0 Å². The van der Waals surface area contributed by atoms with Gasteiger partial charge in [-0.3, -0.25) is 0 Å². The smallest absolute Gasteiger partial charge is 0.0305 e. The van der Waals surface area contributed by atoms with Crippen LogP contribution in [0.2, 0.25) is 0 Å². The molecule has 1 aromatic heterocycles. The van der Waals surface area contributed by atoms with E-state index in [1.54, 1.807) is 5.54 Å². The second-order valence-corrected chi connectivity index (χ2v) is 3.97. The minimum Gasteiger partial charge on any atom is -0.308 e. The van der Waals surface area contributed by atoms with Crippen LogP contribution in [0, 0.1) is 0 Å². The third kappa shape index (κ3) is 3.51. The molecular weight excluding hydrogens is 202 g/mol. The summed E-state index contributed by atoms with van der Waals surface area (Å²) in [6.45, 7) is 3.97. The van der Waals surface area contributed by atoms with Crippen molar-refractivity contribution >= 4 is 22.9 Å². The van der Waals surface area contributed by atoms with Crippen molar-refractivity contribution < 1.29 is 0 Å². The minimum absolute atomic E-state index is 0.838. The van der Waals surface area contributed by atoms with Gasteiger partial charge in [0.1, 0.15) is 0 Å². The first-order chi connectivity index (χ1) is 6.38. The fourth-order valence-corrected chi connectivity index (χ4v) is 2.19. The highest BCUT2D eigenvalue weighted by Gasteiger charge is 1.99. The molecule has 0 radical (unpaired) electrons.